The van der Waals surface area contributed by atoms with Gasteiger partial charge in [-0.25, -0.2) is 0 Å². The van der Waals surface area contributed by atoms with Crippen LogP contribution in [-0.2, 0) is 9.53 Å². The number of likely N-dealkylation sites (N-methyl/N-ethyl adjacent to an activating group) is 1. The fourth-order valence-corrected chi connectivity index (χ4v) is 3.74. The van der Waals surface area contributed by atoms with E-state index < -0.39 is 11.5 Å². The fraction of sp³-hybridized carbons (Fsp3) is 0.933. The van der Waals surface area contributed by atoms with E-state index in [1.807, 2.05) is 0 Å². The highest BCUT2D eigenvalue weighted by Crippen LogP contribution is 2.35. The minimum atomic E-state index is -0.697. The van der Waals surface area contributed by atoms with Crippen LogP contribution in [-0.4, -0.2) is 59.9 Å². The fourth-order valence-electron chi connectivity index (χ4n) is 3.74. The molecule has 2 aliphatic carbocycles. The monoisotopic (exact) mass is 282 g/mol. The van der Waals surface area contributed by atoms with Gasteiger partial charge in [0.15, 0.2) is 0 Å². The molecule has 114 valence electrons. The van der Waals surface area contributed by atoms with Gasteiger partial charge in [0, 0.05) is 24.7 Å². The first-order valence-corrected chi connectivity index (χ1v) is 7.91. The zero-order valence-corrected chi connectivity index (χ0v) is 12.3. The Kier molecular flexibility index (Phi) is 4.02. The maximum Gasteiger partial charge on any atom is 0.323 e. The predicted octanol–water partition coefficient (Wildman–Crippen LogP) is 1.23. The number of rotatable bonds is 5. The van der Waals surface area contributed by atoms with Crippen molar-refractivity contribution in [3.63, 3.8) is 0 Å². The Bertz CT molecular complexity index is 366. The third kappa shape index (κ3) is 2.85. The molecule has 3 rings (SSSR count). The largest absolute Gasteiger partial charge is 0.480 e. The number of aliphatic carboxylic acids is 1. The number of nitrogens with one attached hydrogen (secondary N) is 1. The lowest BCUT2D eigenvalue weighted by Gasteiger charge is -2.43. The molecular formula is C15H26N2O3. The normalized spacial score (nSPS) is 38.3. The average molecular weight is 282 g/mol. The van der Waals surface area contributed by atoms with Crippen LogP contribution in [0.2, 0.25) is 0 Å². The second-order valence-electron chi connectivity index (χ2n) is 6.74. The molecule has 3 atom stereocenters. The Balaban J connectivity index is 1.68. The number of ether oxygens (including phenoxy) is 1. The van der Waals surface area contributed by atoms with Crippen LogP contribution in [0.5, 0.6) is 0 Å². The lowest BCUT2D eigenvalue weighted by Crippen LogP contribution is -2.59. The Morgan fingerprint density at radius 2 is 2.10 bits per heavy atom. The third-order valence-electron chi connectivity index (χ3n) is 5.25. The van der Waals surface area contributed by atoms with Crippen molar-refractivity contribution in [1.82, 2.24) is 10.2 Å². The van der Waals surface area contributed by atoms with Gasteiger partial charge in [0.25, 0.3) is 0 Å². The van der Waals surface area contributed by atoms with Crippen LogP contribution in [0.4, 0.5) is 0 Å². The SMILES string of the molecule is CN(C1CCOC1)C1CCCC(NC2CC2)(C(=O)O)C1. The summed E-state index contributed by atoms with van der Waals surface area (Å²) in [6, 6.07) is 1.26. The molecule has 1 aliphatic heterocycles. The summed E-state index contributed by atoms with van der Waals surface area (Å²) in [6.07, 6.45) is 6.93. The van der Waals surface area contributed by atoms with Gasteiger partial charge in [-0.05, 0) is 52.0 Å². The summed E-state index contributed by atoms with van der Waals surface area (Å²) in [6.45, 7) is 1.63. The molecule has 0 aromatic heterocycles. The summed E-state index contributed by atoms with van der Waals surface area (Å²) in [5.41, 5.74) is -0.697. The minimum Gasteiger partial charge on any atom is -0.480 e. The van der Waals surface area contributed by atoms with Crippen LogP contribution >= 0.6 is 0 Å². The maximum absolute atomic E-state index is 11.8. The number of nitrogens with zero attached hydrogens (tertiary/aromatic N) is 1. The highest BCUT2D eigenvalue weighted by atomic mass is 16.5. The van der Waals surface area contributed by atoms with E-state index >= 15 is 0 Å². The van der Waals surface area contributed by atoms with Crippen LogP contribution in [0.1, 0.15) is 44.9 Å². The number of hydrogen-bond donors (Lipinski definition) is 2. The zero-order chi connectivity index (χ0) is 14.2. The summed E-state index contributed by atoms with van der Waals surface area (Å²) in [5, 5.41) is 13.1. The molecule has 2 N–H and O–H groups in total. The molecule has 3 aliphatic rings. The molecule has 1 saturated heterocycles. The Hall–Kier alpha value is -0.650. The molecule has 1 heterocycles. The Morgan fingerprint density at radius 3 is 2.70 bits per heavy atom. The summed E-state index contributed by atoms with van der Waals surface area (Å²) < 4.78 is 5.47. The van der Waals surface area contributed by atoms with Crippen molar-refractivity contribution >= 4 is 5.97 Å². The van der Waals surface area contributed by atoms with Crippen molar-refractivity contribution in [2.45, 2.75) is 68.6 Å². The molecular weight excluding hydrogens is 256 g/mol. The van der Waals surface area contributed by atoms with Crippen LogP contribution in [0.15, 0.2) is 0 Å². The van der Waals surface area contributed by atoms with Gasteiger partial charge in [-0.15, -0.1) is 0 Å². The van der Waals surface area contributed by atoms with Crippen LogP contribution in [0.3, 0.4) is 0 Å². The lowest BCUT2D eigenvalue weighted by atomic mass is 9.78. The molecule has 0 aromatic rings. The molecule has 20 heavy (non-hydrogen) atoms. The highest BCUT2D eigenvalue weighted by molar-refractivity contribution is 5.79. The molecule has 3 unspecified atom stereocenters. The number of hydrogen-bond acceptors (Lipinski definition) is 4. The summed E-state index contributed by atoms with van der Waals surface area (Å²) >= 11 is 0. The van der Waals surface area contributed by atoms with E-state index in [1.165, 1.54) is 0 Å². The molecule has 0 radical (unpaired) electrons. The van der Waals surface area contributed by atoms with Crippen molar-refractivity contribution in [2.24, 2.45) is 0 Å². The van der Waals surface area contributed by atoms with Crippen molar-refractivity contribution in [3.8, 4) is 0 Å². The topological polar surface area (TPSA) is 61.8 Å². The first kappa shape index (κ1) is 14.3. The van der Waals surface area contributed by atoms with E-state index in [0.717, 1.165) is 58.2 Å². The van der Waals surface area contributed by atoms with Crippen LogP contribution in [0, 0.1) is 0 Å². The second-order valence-corrected chi connectivity index (χ2v) is 6.74. The van der Waals surface area contributed by atoms with Crippen LogP contribution < -0.4 is 5.32 Å². The molecule has 5 nitrogen and oxygen atoms in total. The molecule has 5 heteroatoms. The van der Waals surface area contributed by atoms with Gasteiger partial charge < -0.3 is 9.84 Å². The molecule has 2 saturated carbocycles. The van der Waals surface area contributed by atoms with Gasteiger partial charge >= 0.3 is 5.97 Å². The van der Waals surface area contributed by atoms with Crippen molar-refractivity contribution in [1.29, 1.82) is 0 Å². The highest BCUT2D eigenvalue weighted by Gasteiger charge is 2.47. The first-order valence-electron chi connectivity index (χ1n) is 7.91. The van der Waals surface area contributed by atoms with E-state index in [2.05, 4.69) is 17.3 Å². The zero-order valence-electron chi connectivity index (χ0n) is 12.3. The smallest absolute Gasteiger partial charge is 0.323 e. The van der Waals surface area contributed by atoms with E-state index in [9.17, 15) is 9.90 Å². The van der Waals surface area contributed by atoms with Gasteiger partial charge in [0.05, 0.1) is 6.61 Å². The summed E-state index contributed by atoms with van der Waals surface area (Å²) in [5.74, 6) is -0.662. The molecule has 0 bridgehead atoms. The van der Waals surface area contributed by atoms with Crippen molar-refractivity contribution < 1.29 is 14.6 Å². The van der Waals surface area contributed by atoms with Gasteiger partial charge in [0.1, 0.15) is 5.54 Å². The molecule has 0 aromatic carbocycles. The quantitative estimate of drug-likeness (QED) is 0.794. The maximum atomic E-state index is 11.8. The van der Waals surface area contributed by atoms with E-state index in [-0.39, 0.29) is 0 Å². The van der Waals surface area contributed by atoms with Gasteiger partial charge in [-0.3, -0.25) is 15.0 Å². The van der Waals surface area contributed by atoms with E-state index in [0.29, 0.717) is 18.1 Å². The van der Waals surface area contributed by atoms with Gasteiger partial charge in [-0.2, -0.15) is 0 Å². The molecule has 3 fully saturated rings. The number of carboxylic acid groups (broad SMARTS) is 1. The molecule has 0 spiro atoms. The first-order chi connectivity index (χ1) is 9.61. The summed E-state index contributed by atoms with van der Waals surface area (Å²) in [4.78, 5) is 14.2. The Morgan fingerprint density at radius 1 is 1.30 bits per heavy atom. The van der Waals surface area contributed by atoms with Gasteiger partial charge in [0.2, 0.25) is 0 Å². The van der Waals surface area contributed by atoms with Gasteiger partial charge in [-0.1, -0.05) is 0 Å². The standard InChI is InChI=1S/C15H26N2O3/c1-17(13-6-8-20-10-13)12-3-2-7-15(9-12,14(18)19)16-11-4-5-11/h11-13,16H,2-10H2,1H3,(H,18,19). The van der Waals surface area contributed by atoms with Crippen molar-refractivity contribution in [2.75, 3.05) is 20.3 Å². The van der Waals surface area contributed by atoms with Crippen LogP contribution in [0.25, 0.3) is 0 Å². The lowest BCUT2D eigenvalue weighted by molar-refractivity contribution is -0.147. The number of carboxylic acids is 1. The molecule has 0 amide bonds. The second kappa shape index (κ2) is 5.62. The van der Waals surface area contributed by atoms with E-state index in [4.69, 9.17) is 4.74 Å². The summed E-state index contributed by atoms with van der Waals surface area (Å²) in [7, 11) is 2.14. The number of carbonyl (C=O) groups is 1. The predicted molar refractivity (Wildman–Crippen MR) is 75.8 cm³/mol. The minimum absolute atomic E-state index is 0.359. The Labute approximate surface area is 120 Å². The third-order valence-corrected chi connectivity index (χ3v) is 5.25. The average Bonchev–Trinajstić information content (AvgIpc) is 3.08. The van der Waals surface area contributed by atoms with Crippen molar-refractivity contribution in [3.05, 3.63) is 0 Å². The van der Waals surface area contributed by atoms with E-state index in [1.54, 1.807) is 0 Å².